The van der Waals surface area contributed by atoms with E-state index < -0.39 is 0 Å². The van der Waals surface area contributed by atoms with E-state index in [0.717, 1.165) is 19.4 Å². The summed E-state index contributed by atoms with van der Waals surface area (Å²) in [4.78, 5) is 11.0. The quantitative estimate of drug-likeness (QED) is 0.532. The Morgan fingerprint density at radius 3 is 2.93 bits per heavy atom. The van der Waals surface area contributed by atoms with Gasteiger partial charge in [-0.15, -0.1) is 0 Å². The van der Waals surface area contributed by atoms with Gasteiger partial charge in [0.25, 0.3) is 0 Å². The Morgan fingerprint density at radius 2 is 2.33 bits per heavy atom. The van der Waals surface area contributed by atoms with Crippen LogP contribution in [0.3, 0.4) is 0 Å². The number of esters is 1. The first-order valence-corrected chi connectivity index (χ1v) is 5.74. The molecule has 0 radical (unpaired) electrons. The number of hydrogen-bond donors (Lipinski definition) is 1. The number of carbonyl (C=O) groups excluding carboxylic acids is 1. The Bertz CT molecular complexity index is 196. The largest absolute Gasteiger partial charge is 0.466 e. The van der Waals surface area contributed by atoms with E-state index >= 15 is 0 Å². The van der Waals surface area contributed by atoms with E-state index in [1.807, 2.05) is 6.92 Å². The second-order valence-corrected chi connectivity index (χ2v) is 3.91. The van der Waals surface area contributed by atoms with Crippen LogP contribution in [-0.4, -0.2) is 37.9 Å². The van der Waals surface area contributed by atoms with E-state index in [9.17, 15) is 4.79 Å². The van der Waals surface area contributed by atoms with Gasteiger partial charge >= 0.3 is 5.97 Å². The van der Waals surface area contributed by atoms with Gasteiger partial charge in [0.15, 0.2) is 0 Å². The molecule has 1 fully saturated rings. The minimum Gasteiger partial charge on any atom is -0.466 e. The lowest BCUT2D eigenvalue weighted by Gasteiger charge is -2.11. The maximum absolute atomic E-state index is 11.0. The van der Waals surface area contributed by atoms with Crippen LogP contribution in [0.5, 0.6) is 0 Å². The summed E-state index contributed by atoms with van der Waals surface area (Å²) in [5.41, 5.74) is 0. The van der Waals surface area contributed by atoms with Crippen molar-refractivity contribution >= 4 is 5.97 Å². The summed E-state index contributed by atoms with van der Waals surface area (Å²) < 4.78 is 10.5. The van der Waals surface area contributed by atoms with Crippen LogP contribution in [0.15, 0.2) is 0 Å². The lowest BCUT2D eigenvalue weighted by Crippen LogP contribution is -2.29. The molecule has 0 aromatic heterocycles. The standard InChI is InChI=1S/C11H21NO3/c1-3-14-11(13)6-7-12-8-10-5-4-9(2)15-10/h9-10,12H,3-8H2,1-2H3. The molecule has 1 aliphatic rings. The molecular weight excluding hydrogens is 194 g/mol. The summed E-state index contributed by atoms with van der Waals surface area (Å²) in [5.74, 6) is -0.134. The van der Waals surface area contributed by atoms with Crippen molar-refractivity contribution in [3.8, 4) is 0 Å². The Labute approximate surface area is 91.3 Å². The van der Waals surface area contributed by atoms with E-state index in [2.05, 4.69) is 12.2 Å². The molecule has 0 aliphatic carbocycles. The maximum atomic E-state index is 11.0. The van der Waals surface area contributed by atoms with Crippen LogP contribution >= 0.6 is 0 Å². The van der Waals surface area contributed by atoms with Gasteiger partial charge in [-0.3, -0.25) is 4.79 Å². The molecule has 88 valence electrons. The smallest absolute Gasteiger partial charge is 0.307 e. The Morgan fingerprint density at radius 1 is 1.53 bits per heavy atom. The summed E-state index contributed by atoms with van der Waals surface area (Å²) in [7, 11) is 0. The normalized spacial score (nSPS) is 25.5. The molecule has 0 spiro atoms. The van der Waals surface area contributed by atoms with Crippen molar-refractivity contribution in [1.82, 2.24) is 5.32 Å². The minimum atomic E-state index is -0.134. The van der Waals surface area contributed by atoms with E-state index in [-0.39, 0.29) is 5.97 Å². The molecule has 0 aromatic rings. The van der Waals surface area contributed by atoms with Gasteiger partial charge in [0.2, 0.25) is 0 Å². The fraction of sp³-hybridized carbons (Fsp3) is 0.909. The van der Waals surface area contributed by atoms with Crippen molar-refractivity contribution in [2.75, 3.05) is 19.7 Å². The highest BCUT2D eigenvalue weighted by atomic mass is 16.5. The number of nitrogens with one attached hydrogen (secondary N) is 1. The zero-order valence-electron chi connectivity index (χ0n) is 9.62. The van der Waals surface area contributed by atoms with Crippen LogP contribution in [0.2, 0.25) is 0 Å². The molecule has 4 heteroatoms. The van der Waals surface area contributed by atoms with Crippen molar-refractivity contribution in [2.24, 2.45) is 0 Å². The molecule has 1 aliphatic heterocycles. The van der Waals surface area contributed by atoms with Gasteiger partial charge < -0.3 is 14.8 Å². The number of hydrogen-bond acceptors (Lipinski definition) is 4. The first-order chi connectivity index (χ1) is 7.22. The molecule has 15 heavy (non-hydrogen) atoms. The van der Waals surface area contributed by atoms with E-state index in [0.29, 0.717) is 31.8 Å². The highest BCUT2D eigenvalue weighted by Crippen LogP contribution is 2.17. The first-order valence-electron chi connectivity index (χ1n) is 5.74. The van der Waals surface area contributed by atoms with E-state index in [1.165, 1.54) is 0 Å². The number of ether oxygens (including phenoxy) is 2. The van der Waals surface area contributed by atoms with Crippen LogP contribution < -0.4 is 5.32 Å². The minimum absolute atomic E-state index is 0.134. The average Bonchev–Trinajstić information content (AvgIpc) is 2.60. The molecule has 0 saturated carbocycles. The van der Waals surface area contributed by atoms with E-state index in [4.69, 9.17) is 9.47 Å². The molecule has 0 amide bonds. The van der Waals surface area contributed by atoms with E-state index in [1.54, 1.807) is 0 Å². The topological polar surface area (TPSA) is 47.6 Å². The highest BCUT2D eigenvalue weighted by Gasteiger charge is 2.20. The molecule has 1 rings (SSSR count). The van der Waals surface area contributed by atoms with Gasteiger partial charge in [0.1, 0.15) is 0 Å². The summed E-state index contributed by atoms with van der Waals surface area (Å²) in [5, 5.41) is 3.21. The third-order valence-electron chi connectivity index (χ3n) is 2.50. The lowest BCUT2D eigenvalue weighted by molar-refractivity contribution is -0.143. The van der Waals surface area contributed by atoms with Crippen molar-refractivity contribution in [3.05, 3.63) is 0 Å². The highest BCUT2D eigenvalue weighted by molar-refractivity contribution is 5.69. The zero-order chi connectivity index (χ0) is 11.1. The predicted octanol–water partition coefficient (Wildman–Crippen LogP) is 1.10. The monoisotopic (exact) mass is 215 g/mol. The predicted molar refractivity (Wildman–Crippen MR) is 57.7 cm³/mol. The Hall–Kier alpha value is -0.610. The summed E-state index contributed by atoms with van der Waals surface area (Å²) in [6.07, 6.45) is 3.41. The van der Waals surface area contributed by atoms with Crippen molar-refractivity contribution in [1.29, 1.82) is 0 Å². The fourth-order valence-electron chi connectivity index (χ4n) is 1.72. The number of rotatable bonds is 6. The van der Waals surface area contributed by atoms with Crippen LogP contribution in [0.25, 0.3) is 0 Å². The van der Waals surface area contributed by atoms with Gasteiger partial charge in [0, 0.05) is 13.1 Å². The SMILES string of the molecule is CCOC(=O)CCNCC1CCC(C)O1. The molecular formula is C11H21NO3. The molecule has 1 heterocycles. The van der Waals surface area contributed by atoms with Crippen LogP contribution in [0.4, 0.5) is 0 Å². The van der Waals surface area contributed by atoms with Gasteiger partial charge in [-0.1, -0.05) is 0 Å². The molecule has 2 unspecified atom stereocenters. The molecule has 1 N–H and O–H groups in total. The van der Waals surface area contributed by atoms with Gasteiger partial charge in [-0.2, -0.15) is 0 Å². The Kier molecular flexibility index (Phi) is 5.65. The molecule has 2 atom stereocenters. The van der Waals surface area contributed by atoms with Crippen molar-refractivity contribution in [2.45, 2.75) is 45.3 Å². The third kappa shape index (κ3) is 5.14. The molecule has 4 nitrogen and oxygen atoms in total. The first kappa shape index (κ1) is 12.5. The molecule has 1 saturated heterocycles. The summed E-state index contributed by atoms with van der Waals surface area (Å²) in [6.45, 7) is 5.89. The van der Waals surface area contributed by atoms with Crippen LogP contribution in [0, 0.1) is 0 Å². The average molecular weight is 215 g/mol. The van der Waals surface area contributed by atoms with Gasteiger partial charge in [-0.25, -0.2) is 0 Å². The zero-order valence-corrected chi connectivity index (χ0v) is 9.62. The second-order valence-electron chi connectivity index (χ2n) is 3.91. The molecule has 0 bridgehead atoms. The van der Waals surface area contributed by atoms with Crippen LogP contribution in [-0.2, 0) is 14.3 Å². The maximum Gasteiger partial charge on any atom is 0.307 e. The lowest BCUT2D eigenvalue weighted by atomic mass is 10.2. The summed E-state index contributed by atoms with van der Waals surface area (Å²) >= 11 is 0. The Balaban J connectivity index is 1.95. The second kappa shape index (κ2) is 6.80. The number of carbonyl (C=O) groups is 1. The summed E-state index contributed by atoms with van der Waals surface area (Å²) in [6, 6.07) is 0. The van der Waals surface area contributed by atoms with Gasteiger partial charge in [-0.05, 0) is 26.7 Å². The fourth-order valence-corrected chi connectivity index (χ4v) is 1.72. The van der Waals surface area contributed by atoms with Crippen LogP contribution in [0.1, 0.15) is 33.1 Å². The molecule has 0 aromatic carbocycles. The third-order valence-corrected chi connectivity index (χ3v) is 2.50. The van der Waals surface area contributed by atoms with Crippen molar-refractivity contribution in [3.63, 3.8) is 0 Å². The van der Waals surface area contributed by atoms with Gasteiger partial charge in [0.05, 0.1) is 25.2 Å². The van der Waals surface area contributed by atoms with Crippen molar-refractivity contribution < 1.29 is 14.3 Å².